The van der Waals surface area contributed by atoms with E-state index in [1.807, 2.05) is 26.4 Å². The third-order valence-corrected chi connectivity index (χ3v) is 3.75. The van der Waals surface area contributed by atoms with E-state index in [1.54, 1.807) is 4.68 Å². The van der Waals surface area contributed by atoms with Gasteiger partial charge < -0.3 is 9.64 Å². The fraction of sp³-hybridized carbons (Fsp3) is 0.714. The first-order valence-corrected chi connectivity index (χ1v) is 7.17. The first kappa shape index (κ1) is 15.0. The first-order valence-electron chi connectivity index (χ1n) is 7.17. The molecule has 1 aromatic rings. The van der Waals surface area contributed by atoms with Crippen LogP contribution >= 0.6 is 0 Å². The van der Waals surface area contributed by atoms with Crippen molar-refractivity contribution < 1.29 is 9.53 Å². The topological polar surface area (TPSA) is 50.6 Å². The smallest absolute Gasteiger partial charge is 0.307 e. The Hall–Kier alpha value is -1.40. The van der Waals surface area contributed by atoms with Crippen molar-refractivity contribution in [1.82, 2.24) is 19.6 Å². The van der Waals surface area contributed by atoms with Crippen LogP contribution in [0, 0.1) is 0 Å². The van der Waals surface area contributed by atoms with E-state index >= 15 is 0 Å². The Kier molecular flexibility index (Phi) is 5.14. The molecule has 2 rings (SSSR count). The summed E-state index contributed by atoms with van der Waals surface area (Å²) >= 11 is 0. The second-order valence-corrected chi connectivity index (χ2v) is 5.31. The van der Waals surface area contributed by atoms with Gasteiger partial charge in [-0.2, -0.15) is 5.10 Å². The van der Waals surface area contributed by atoms with E-state index < -0.39 is 0 Å². The van der Waals surface area contributed by atoms with Crippen LogP contribution in [-0.4, -0.2) is 65.4 Å². The highest BCUT2D eigenvalue weighted by molar-refractivity contribution is 5.70. The average molecular weight is 280 g/mol. The van der Waals surface area contributed by atoms with E-state index in [0.29, 0.717) is 13.0 Å². The van der Waals surface area contributed by atoms with Gasteiger partial charge in [-0.05, 0) is 14.0 Å². The third-order valence-electron chi connectivity index (χ3n) is 3.75. The molecule has 1 atom stereocenters. The van der Waals surface area contributed by atoms with Gasteiger partial charge in [0.15, 0.2) is 0 Å². The number of nitrogens with zero attached hydrogens (tertiary/aromatic N) is 4. The fourth-order valence-corrected chi connectivity index (χ4v) is 2.58. The van der Waals surface area contributed by atoms with Gasteiger partial charge in [0.2, 0.25) is 0 Å². The summed E-state index contributed by atoms with van der Waals surface area (Å²) in [5.74, 6) is -0.139. The molecule has 1 aliphatic rings. The van der Waals surface area contributed by atoms with Crippen molar-refractivity contribution in [2.45, 2.75) is 19.4 Å². The summed E-state index contributed by atoms with van der Waals surface area (Å²) in [7, 11) is 4.02. The van der Waals surface area contributed by atoms with Crippen LogP contribution in [0.2, 0.25) is 0 Å². The SMILES string of the molecule is CCOC(=O)CC(c1cnn(C)c1)N1CCN(C)CC1. The van der Waals surface area contributed by atoms with E-state index in [9.17, 15) is 4.79 Å². The number of likely N-dealkylation sites (N-methyl/N-ethyl adjacent to an activating group) is 1. The minimum Gasteiger partial charge on any atom is -0.466 e. The highest BCUT2D eigenvalue weighted by atomic mass is 16.5. The van der Waals surface area contributed by atoms with E-state index in [-0.39, 0.29) is 12.0 Å². The third kappa shape index (κ3) is 3.80. The minimum atomic E-state index is -0.139. The van der Waals surface area contributed by atoms with Crippen molar-refractivity contribution in [1.29, 1.82) is 0 Å². The molecule has 1 unspecified atom stereocenters. The molecule has 112 valence electrons. The van der Waals surface area contributed by atoms with Crippen LogP contribution in [-0.2, 0) is 16.6 Å². The lowest BCUT2D eigenvalue weighted by atomic mass is 10.0. The number of rotatable bonds is 5. The van der Waals surface area contributed by atoms with Crippen LogP contribution in [0.3, 0.4) is 0 Å². The summed E-state index contributed by atoms with van der Waals surface area (Å²) in [6.07, 6.45) is 4.23. The standard InChI is InChI=1S/C14H24N4O2/c1-4-20-14(19)9-13(12-10-15-17(3)11-12)18-7-5-16(2)6-8-18/h10-11,13H,4-9H2,1-3H3. The zero-order valence-corrected chi connectivity index (χ0v) is 12.6. The predicted octanol–water partition coefficient (Wildman–Crippen LogP) is 0.662. The number of piperazine rings is 1. The van der Waals surface area contributed by atoms with E-state index in [0.717, 1.165) is 31.7 Å². The number of hydrogen-bond acceptors (Lipinski definition) is 5. The van der Waals surface area contributed by atoms with E-state index in [1.165, 1.54) is 0 Å². The molecule has 0 aliphatic carbocycles. The Balaban J connectivity index is 2.09. The summed E-state index contributed by atoms with van der Waals surface area (Å²) in [4.78, 5) is 16.5. The normalized spacial score (nSPS) is 18.9. The van der Waals surface area contributed by atoms with Crippen molar-refractivity contribution >= 4 is 5.97 Å². The molecule has 0 bridgehead atoms. The quantitative estimate of drug-likeness (QED) is 0.742. The van der Waals surface area contributed by atoms with Gasteiger partial charge in [-0.1, -0.05) is 0 Å². The summed E-state index contributed by atoms with van der Waals surface area (Å²) in [6, 6.07) is 0.0662. The Morgan fingerprint density at radius 2 is 2.05 bits per heavy atom. The highest BCUT2D eigenvalue weighted by Crippen LogP contribution is 2.25. The summed E-state index contributed by atoms with van der Waals surface area (Å²) in [6.45, 7) is 6.26. The molecule has 0 amide bonds. The van der Waals surface area contributed by atoms with E-state index in [2.05, 4.69) is 21.9 Å². The van der Waals surface area contributed by atoms with Crippen molar-refractivity contribution in [3.63, 3.8) is 0 Å². The molecule has 0 aromatic carbocycles. The van der Waals surface area contributed by atoms with Gasteiger partial charge in [-0.25, -0.2) is 0 Å². The Labute approximate surface area is 120 Å². The molecule has 0 spiro atoms. The Morgan fingerprint density at radius 1 is 1.35 bits per heavy atom. The van der Waals surface area contributed by atoms with Gasteiger partial charge in [-0.15, -0.1) is 0 Å². The lowest BCUT2D eigenvalue weighted by Crippen LogP contribution is -2.46. The van der Waals surface area contributed by atoms with Gasteiger partial charge in [0.1, 0.15) is 0 Å². The van der Waals surface area contributed by atoms with Crippen molar-refractivity contribution in [2.24, 2.45) is 7.05 Å². The summed E-state index contributed by atoms with van der Waals surface area (Å²) in [5, 5.41) is 4.23. The zero-order chi connectivity index (χ0) is 14.5. The molecular weight excluding hydrogens is 256 g/mol. The van der Waals surface area contributed by atoms with Crippen LogP contribution in [0.4, 0.5) is 0 Å². The number of aryl methyl sites for hydroxylation is 1. The van der Waals surface area contributed by atoms with Crippen LogP contribution in [0.1, 0.15) is 24.9 Å². The molecule has 6 nitrogen and oxygen atoms in total. The highest BCUT2D eigenvalue weighted by Gasteiger charge is 2.27. The fourth-order valence-electron chi connectivity index (χ4n) is 2.58. The second kappa shape index (κ2) is 6.85. The lowest BCUT2D eigenvalue weighted by Gasteiger charge is -2.37. The van der Waals surface area contributed by atoms with Gasteiger partial charge in [-0.3, -0.25) is 14.4 Å². The lowest BCUT2D eigenvalue weighted by molar-refractivity contribution is -0.144. The predicted molar refractivity (Wildman–Crippen MR) is 76.3 cm³/mol. The molecule has 6 heteroatoms. The van der Waals surface area contributed by atoms with Gasteiger partial charge in [0.05, 0.1) is 19.2 Å². The van der Waals surface area contributed by atoms with Crippen molar-refractivity contribution in [3.8, 4) is 0 Å². The number of esters is 1. The molecule has 2 heterocycles. The zero-order valence-electron chi connectivity index (χ0n) is 12.6. The van der Waals surface area contributed by atoms with Crippen LogP contribution in [0.5, 0.6) is 0 Å². The Morgan fingerprint density at radius 3 is 2.60 bits per heavy atom. The molecule has 1 aliphatic heterocycles. The Bertz CT molecular complexity index is 438. The molecule has 20 heavy (non-hydrogen) atoms. The molecule has 1 fully saturated rings. The van der Waals surface area contributed by atoms with Gasteiger partial charge in [0, 0.05) is 51.0 Å². The summed E-state index contributed by atoms with van der Waals surface area (Å²) in [5.41, 5.74) is 1.09. The minimum absolute atomic E-state index is 0.0662. The number of carbonyl (C=O) groups excluding carboxylic acids is 1. The molecule has 1 aromatic heterocycles. The number of ether oxygens (including phenoxy) is 1. The van der Waals surface area contributed by atoms with Gasteiger partial charge >= 0.3 is 5.97 Å². The van der Waals surface area contributed by atoms with Crippen LogP contribution < -0.4 is 0 Å². The first-order chi connectivity index (χ1) is 9.60. The molecule has 0 N–H and O–H groups in total. The maximum Gasteiger partial charge on any atom is 0.307 e. The van der Waals surface area contributed by atoms with Gasteiger partial charge in [0.25, 0.3) is 0 Å². The summed E-state index contributed by atoms with van der Waals surface area (Å²) < 4.78 is 6.89. The molecule has 1 saturated heterocycles. The van der Waals surface area contributed by atoms with Crippen LogP contribution in [0.15, 0.2) is 12.4 Å². The van der Waals surface area contributed by atoms with Crippen LogP contribution in [0.25, 0.3) is 0 Å². The number of hydrogen-bond donors (Lipinski definition) is 0. The maximum atomic E-state index is 11.9. The molecule has 0 saturated carbocycles. The average Bonchev–Trinajstić information content (AvgIpc) is 2.84. The maximum absolute atomic E-state index is 11.9. The molecular formula is C14H24N4O2. The van der Waals surface area contributed by atoms with Crippen molar-refractivity contribution in [3.05, 3.63) is 18.0 Å². The second-order valence-electron chi connectivity index (χ2n) is 5.31. The number of aromatic nitrogens is 2. The largest absolute Gasteiger partial charge is 0.466 e. The van der Waals surface area contributed by atoms with Crippen molar-refractivity contribution in [2.75, 3.05) is 39.8 Å². The monoisotopic (exact) mass is 280 g/mol. The number of carbonyl (C=O) groups is 1. The van der Waals surface area contributed by atoms with E-state index in [4.69, 9.17) is 4.74 Å². The molecule has 0 radical (unpaired) electrons.